The fraction of sp³-hybridized carbons (Fsp3) is 0.0833. The molecule has 0 amide bonds. The summed E-state index contributed by atoms with van der Waals surface area (Å²) in [4.78, 5) is 4.58. The van der Waals surface area contributed by atoms with Crippen LogP contribution in [0, 0.1) is 13.8 Å². The van der Waals surface area contributed by atoms with E-state index in [1.54, 1.807) is 6.21 Å². The quantitative estimate of drug-likeness (QED) is 0.291. The van der Waals surface area contributed by atoms with Crippen LogP contribution in [0.2, 0.25) is 0 Å². The Morgan fingerprint density at radius 3 is 2.55 bits per heavy atom. The van der Waals surface area contributed by atoms with Gasteiger partial charge in [0.05, 0.1) is 11.9 Å². The lowest BCUT2D eigenvalue weighted by Crippen LogP contribution is -1.94. The minimum atomic E-state index is 0.743. The molecule has 4 nitrogen and oxygen atoms in total. The van der Waals surface area contributed by atoms with E-state index < -0.39 is 0 Å². The summed E-state index contributed by atoms with van der Waals surface area (Å²) in [6.45, 7) is 4.17. The predicted octanol–water partition coefficient (Wildman–Crippen LogP) is 6.67. The molecule has 0 bridgehead atoms. The van der Waals surface area contributed by atoms with E-state index in [1.807, 2.05) is 72.1 Å². The van der Waals surface area contributed by atoms with E-state index in [2.05, 4.69) is 35.4 Å². The first-order chi connectivity index (χ1) is 14.2. The molecule has 4 aromatic rings. The molecule has 0 unspecified atom stereocenters. The van der Waals surface area contributed by atoms with Crippen molar-refractivity contribution in [3.8, 4) is 22.8 Å². The summed E-state index contributed by atoms with van der Waals surface area (Å²) in [6.07, 6.45) is 1.75. The lowest BCUT2D eigenvalue weighted by Gasteiger charge is -2.10. The normalized spacial score (nSPS) is 11.0. The number of hydrazone groups is 1. The van der Waals surface area contributed by atoms with Crippen LogP contribution >= 0.6 is 11.3 Å². The second-order valence-corrected chi connectivity index (χ2v) is 7.52. The highest BCUT2D eigenvalue weighted by atomic mass is 32.1. The first kappa shape index (κ1) is 18.9. The number of nitrogens with zero attached hydrogens (tertiary/aromatic N) is 2. The van der Waals surface area contributed by atoms with E-state index in [0.29, 0.717) is 0 Å². The maximum absolute atomic E-state index is 6.08. The van der Waals surface area contributed by atoms with Crippen molar-refractivity contribution in [1.29, 1.82) is 0 Å². The first-order valence-electron chi connectivity index (χ1n) is 9.33. The molecule has 0 saturated heterocycles. The molecule has 1 N–H and O–H groups in total. The molecular weight excluding hydrogens is 378 g/mol. The van der Waals surface area contributed by atoms with Gasteiger partial charge in [0.25, 0.3) is 0 Å². The van der Waals surface area contributed by atoms with Crippen LogP contribution in [-0.2, 0) is 0 Å². The molecule has 0 radical (unpaired) electrons. The van der Waals surface area contributed by atoms with Crippen molar-refractivity contribution in [1.82, 2.24) is 4.98 Å². The fourth-order valence-electron chi connectivity index (χ4n) is 2.81. The zero-order valence-electron chi connectivity index (χ0n) is 16.3. The summed E-state index contributed by atoms with van der Waals surface area (Å²) in [5, 5.41) is 7.11. The average molecular weight is 400 g/mol. The van der Waals surface area contributed by atoms with Gasteiger partial charge in [0.15, 0.2) is 0 Å². The van der Waals surface area contributed by atoms with Crippen LogP contribution in [0.25, 0.3) is 11.3 Å². The number of nitrogens with one attached hydrogen (secondary N) is 1. The average Bonchev–Trinajstić information content (AvgIpc) is 3.22. The SMILES string of the molecule is Cc1ccc(Oc2ccccc2C=NNc2nc(-c3ccccc3)cs2)cc1C. The third kappa shape index (κ3) is 4.70. The van der Waals surface area contributed by atoms with Gasteiger partial charge in [0, 0.05) is 16.5 Å². The van der Waals surface area contributed by atoms with Gasteiger partial charge in [0.1, 0.15) is 11.5 Å². The molecular formula is C24H21N3OS. The number of rotatable bonds is 6. The minimum absolute atomic E-state index is 0.743. The molecule has 5 heteroatoms. The zero-order valence-corrected chi connectivity index (χ0v) is 17.1. The Hall–Kier alpha value is -3.44. The lowest BCUT2D eigenvalue weighted by molar-refractivity contribution is 0.481. The molecule has 0 aliphatic rings. The van der Waals surface area contributed by atoms with Crippen LogP contribution in [0.5, 0.6) is 11.5 Å². The summed E-state index contributed by atoms with van der Waals surface area (Å²) in [7, 11) is 0. The van der Waals surface area contributed by atoms with Gasteiger partial charge >= 0.3 is 0 Å². The summed E-state index contributed by atoms with van der Waals surface area (Å²) in [5.41, 5.74) is 8.37. The van der Waals surface area contributed by atoms with Gasteiger partial charge in [-0.2, -0.15) is 5.10 Å². The Bertz CT molecular complexity index is 1140. The van der Waals surface area contributed by atoms with E-state index in [0.717, 1.165) is 33.5 Å². The summed E-state index contributed by atoms with van der Waals surface area (Å²) < 4.78 is 6.08. The summed E-state index contributed by atoms with van der Waals surface area (Å²) in [6, 6.07) is 24.0. The Kier molecular flexibility index (Phi) is 5.68. The standard InChI is InChI=1S/C24H21N3OS/c1-17-12-13-21(14-18(17)2)28-23-11-7-6-10-20(23)15-25-27-24-26-22(16-29-24)19-8-4-3-5-9-19/h3-16H,1-2H3,(H,26,27). The Balaban J connectivity index is 1.46. The number of para-hydroxylation sites is 1. The molecule has 0 aliphatic heterocycles. The van der Waals surface area contributed by atoms with E-state index in [1.165, 1.54) is 22.5 Å². The molecule has 29 heavy (non-hydrogen) atoms. The maximum Gasteiger partial charge on any atom is 0.203 e. The molecule has 0 aliphatic carbocycles. The van der Waals surface area contributed by atoms with Gasteiger partial charge in [-0.1, -0.05) is 48.5 Å². The molecule has 1 aromatic heterocycles. The maximum atomic E-state index is 6.08. The highest BCUT2D eigenvalue weighted by Gasteiger charge is 2.05. The van der Waals surface area contributed by atoms with Gasteiger partial charge in [-0.25, -0.2) is 4.98 Å². The van der Waals surface area contributed by atoms with Gasteiger partial charge in [0.2, 0.25) is 5.13 Å². The molecule has 144 valence electrons. The van der Waals surface area contributed by atoms with Gasteiger partial charge in [-0.15, -0.1) is 11.3 Å². The largest absolute Gasteiger partial charge is 0.457 e. The lowest BCUT2D eigenvalue weighted by atomic mass is 10.1. The molecule has 0 fully saturated rings. The minimum Gasteiger partial charge on any atom is -0.457 e. The van der Waals surface area contributed by atoms with Crippen molar-refractivity contribution in [2.24, 2.45) is 5.10 Å². The van der Waals surface area contributed by atoms with E-state index >= 15 is 0 Å². The van der Waals surface area contributed by atoms with Crippen LogP contribution in [0.15, 0.2) is 83.3 Å². The van der Waals surface area contributed by atoms with Crippen molar-refractivity contribution in [2.75, 3.05) is 5.43 Å². The number of benzene rings is 3. The van der Waals surface area contributed by atoms with Gasteiger partial charge in [-0.05, 0) is 49.2 Å². The summed E-state index contributed by atoms with van der Waals surface area (Å²) in [5.74, 6) is 1.57. The van der Waals surface area contributed by atoms with Crippen LogP contribution in [0.3, 0.4) is 0 Å². The molecule has 1 heterocycles. The van der Waals surface area contributed by atoms with Gasteiger partial charge < -0.3 is 4.74 Å². The highest BCUT2D eigenvalue weighted by Crippen LogP contribution is 2.27. The molecule has 3 aromatic carbocycles. The van der Waals surface area contributed by atoms with Crippen molar-refractivity contribution in [2.45, 2.75) is 13.8 Å². The number of aryl methyl sites for hydroxylation is 2. The number of hydrogen-bond acceptors (Lipinski definition) is 5. The van der Waals surface area contributed by atoms with Crippen molar-refractivity contribution in [3.05, 3.63) is 94.9 Å². The zero-order chi connectivity index (χ0) is 20.1. The van der Waals surface area contributed by atoms with Crippen molar-refractivity contribution >= 4 is 22.7 Å². The Morgan fingerprint density at radius 1 is 0.931 bits per heavy atom. The molecule has 0 atom stereocenters. The van der Waals surface area contributed by atoms with Crippen LogP contribution in [-0.4, -0.2) is 11.2 Å². The monoisotopic (exact) mass is 399 g/mol. The number of aromatic nitrogens is 1. The molecule has 0 spiro atoms. The van der Waals surface area contributed by atoms with Crippen LogP contribution < -0.4 is 10.2 Å². The third-order valence-electron chi connectivity index (χ3n) is 4.56. The van der Waals surface area contributed by atoms with Crippen molar-refractivity contribution < 1.29 is 4.74 Å². The van der Waals surface area contributed by atoms with Crippen LogP contribution in [0.4, 0.5) is 5.13 Å². The Labute approximate surface area is 174 Å². The topological polar surface area (TPSA) is 46.5 Å². The molecule has 0 saturated carbocycles. The number of hydrogen-bond donors (Lipinski definition) is 1. The van der Waals surface area contributed by atoms with E-state index in [-0.39, 0.29) is 0 Å². The predicted molar refractivity (Wildman–Crippen MR) is 121 cm³/mol. The van der Waals surface area contributed by atoms with Gasteiger partial charge in [-0.3, -0.25) is 5.43 Å². The number of ether oxygens (including phenoxy) is 1. The summed E-state index contributed by atoms with van der Waals surface area (Å²) >= 11 is 1.52. The number of anilines is 1. The fourth-order valence-corrected chi connectivity index (χ4v) is 3.48. The van der Waals surface area contributed by atoms with E-state index in [9.17, 15) is 0 Å². The first-order valence-corrected chi connectivity index (χ1v) is 10.2. The smallest absolute Gasteiger partial charge is 0.203 e. The third-order valence-corrected chi connectivity index (χ3v) is 5.31. The van der Waals surface area contributed by atoms with E-state index in [4.69, 9.17) is 4.74 Å². The second-order valence-electron chi connectivity index (χ2n) is 6.66. The number of thiazole rings is 1. The Morgan fingerprint density at radius 2 is 1.72 bits per heavy atom. The van der Waals surface area contributed by atoms with Crippen LogP contribution in [0.1, 0.15) is 16.7 Å². The highest BCUT2D eigenvalue weighted by molar-refractivity contribution is 7.14. The molecule has 4 rings (SSSR count). The second kappa shape index (κ2) is 8.71. The van der Waals surface area contributed by atoms with Crippen molar-refractivity contribution in [3.63, 3.8) is 0 Å².